The lowest BCUT2D eigenvalue weighted by Gasteiger charge is -2.15. The second kappa shape index (κ2) is 7.72. The SMILES string of the molecule is F[B-](F)(F)F.Nc1ccn(C[C@@H]2O[C@H](CO)[C@@H](O)[C@H]2O)c(=O)n1. The number of hydrogen-bond donors (Lipinski definition) is 4. The molecule has 1 aromatic heterocycles. The molecule has 8 nitrogen and oxygen atoms in total. The molecule has 0 aromatic carbocycles. The van der Waals surface area contributed by atoms with E-state index in [1.807, 2.05) is 0 Å². The summed E-state index contributed by atoms with van der Waals surface area (Å²) in [7, 11) is -6.00. The van der Waals surface area contributed by atoms with Crippen LogP contribution in [0.25, 0.3) is 0 Å². The third kappa shape index (κ3) is 6.13. The lowest BCUT2D eigenvalue weighted by molar-refractivity contribution is -0.0269. The van der Waals surface area contributed by atoms with Crippen molar-refractivity contribution in [2.75, 3.05) is 12.3 Å². The third-order valence-corrected chi connectivity index (χ3v) is 2.91. The quantitative estimate of drug-likeness (QED) is 0.392. The van der Waals surface area contributed by atoms with E-state index in [2.05, 4.69) is 4.98 Å². The van der Waals surface area contributed by atoms with E-state index >= 15 is 0 Å². The van der Waals surface area contributed by atoms with Gasteiger partial charge in [-0.3, -0.25) is 4.57 Å². The summed E-state index contributed by atoms with van der Waals surface area (Å²) in [5.41, 5.74) is 4.79. The fourth-order valence-corrected chi connectivity index (χ4v) is 1.90. The molecule has 0 bridgehead atoms. The summed E-state index contributed by atoms with van der Waals surface area (Å²) < 4.78 is 45.5. The smallest absolute Gasteiger partial charge is 0.418 e. The molecule has 23 heavy (non-hydrogen) atoms. The van der Waals surface area contributed by atoms with Crippen molar-refractivity contribution in [2.45, 2.75) is 31.0 Å². The third-order valence-electron chi connectivity index (χ3n) is 2.91. The van der Waals surface area contributed by atoms with Crippen molar-refractivity contribution in [1.82, 2.24) is 9.55 Å². The van der Waals surface area contributed by atoms with E-state index in [1.54, 1.807) is 0 Å². The number of hydrogen-bond acceptors (Lipinski definition) is 7. The molecular weight excluding hydrogens is 329 g/mol. The highest BCUT2D eigenvalue weighted by Crippen LogP contribution is 2.21. The van der Waals surface area contributed by atoms with Crippen molar-refractivity contribution in [2.24, 2.45) is 0 Å². The second-order valence-electron chi connectivity index (χ2n) is 4.66. The zero-order valence-corrected chi connectivity index (χ0v) is 11.6. The number of ether oxygens (including phenoxy) is 1. The maximum Gasteiger partial charge on any atom is 0.673 e. The van der Waals surface area contributed by atoms with Gasteiger partial charge in [-0.25, -0.2) is 4.79 Å². The van der Waals surface area contributed by atoms with Crippen molar-refractivity contribution in [3.05, 3.63) is 22.7 Å². The molecule has 0 saturated carbocycles. The molecule has 0 amide bonds. The van der Waals surface area contributed by atoms with Crippen molar-refractivity contribution in [1.29, 1.82) is 0 Å². The molecule has 2 heterocycles. The largest absolute Gasteiger partial charge is 0.673 e. The Morgan fingerprint density at radius 1 is 1.26 bits per heavy atom. The van der Waals surface area contributed by atoms with E-state index in [-0.39, 0.29) is 12.4 Å². The van der Waals surface area contributed by atoms with Gasteiger partial charge in [-0.05, 0) is 6.07 Å². The maximum absolute atomic E-state index is 11.5. The molecule has 1 aromatic rings. The summed E-state index contributed by atoms with van der Waals surface area (Å²) in [6.45, 7) is -0.371. The molecule has 4 atom stereocenters. The first kappa shape index (κ1) is 19.4. The van der Waals surface area contributed by atoms with Gasteiger partial charge in [0.05, 0.1) is 13.2 Å². The highest BCUT2D eigenvalue weighted by molar-refractivity contribution is 6.50. The van der Waals surface area contributed by atoms with E-state index < -0.39 is 44.0 Å². The Balaban J connectivity index is 0.000000463. The number of anilines is 1. The van der Waals surface area contributed by atoms with Crippen molar-refractivity contribution in [3.63, 3.8) is 0 Å². The zero-order valence-electron chi connectivity index (χ0n) is 11.6. The van der Waals surface area contributed by atoms with Crippen LogP contribution in [0.4, 0.5) is 23.1 Å². The number of aliphatic hydroxyl groups is 3. The molecule has 2 rings (SSSR count). The van der Waals surface area contributed by atoms with Crippen LogP contribution in [0, 0.1) is 0 Å². The summed E-state index contributed by atoms with van der Waals surface area (Å²) in [6, 6.07) is 1.45. The lowest BCUT2D eigenvalue weighted by atomic mass is 10.1. The van der Waals surface area contributed by atoms with Crippen molar-refractivity contribution < 1.29 is 37.3 Å². The van der Waals surface area contributed by atoms with E-state index in [0.717, 1.165) is 0 Å². The number of aliphatic hydroxyl groups excluding tert-OH is 3. The van der Waals surface area contributed by atoms with Crippen molar-refractivity contribution >= 4 is 13.1 Å². The Hall–Kier alpha value is -1.70. The van der Waals surface area contributed by atoms with Crippen LogP contribution in [0.15, 0.2) is 17.1 Å². The van der Waals surface area contributed by atoms with E-state index in [4.69, 9.17) is 15.6 Å². The first-order valence-corrected chi connectivity index (χ1v) is 6.35. The van der Waals surface area contributed by atoms with Gasteiger partial charge in [-0.1, -0.05) is 0 Å². The van der Waals surface area contributed by atoms with Crippen LogP contribution in [0.3, 0.4) is 0 Å². The Labute approximate surface area is 127 Å². The first-order valence-electron chi connectivity index (χ1n) is 6.35. The summed E-state index contributed by atoms with van der Waals surface area (Å²) in [4.78, 5) is 15.0. The minimum atomic E-state index is -6.00. The molecular formula is C10H15BF4N3O5-. The van der Waals surface area contributed by atoms with Gasteiger partial charge in [0.1, 0.15) is 30.2 Å². The van der Waals surface area contributed by atoms with Gasteiger partial charge >= 0.3 is 12.9 Å². The standard InChI is InChI=1S/C10H15N3O5.BF4/c11-7-1-2-13(10(17)12-7)3-5-8(15)9(16)6(4-14)18-5;2-1(3,4)5/h1-2,5-6,8-9,14-16H,3-4H2,(H2,11,12,17);/q;-1/t5-,6+,8-,9+;/m0./s1. The second-order valence-corrected chi connectivity index (χ2v) is 4.66. The highest BCUT2D eigenvalue weighted by Gasteiger charge is 2.42. The average Bonchev–Trinajstić information content (AvgIpc) is 2.68. The van der Waals surface area contributed by atoms with Crippen LogP contribution in [0.5, 0.6) is 0 Å². The number of halogens is 4. The van der Waals surface area contributed by atoms with Crippen LogP contribution in [-0.2, 0) is 11.3 Å². The minimum absolute atomic E-state index is 0.0286. The van der Waals surface area contributed by atoms with Gasteiger partial charge in [-0.2, -0.15) is 4.98 Å². The molecule has 0 radical (unpaired) electrons. The zero-order chi connectivity index (χ0) is 17.8. The fraction of sp³-hybridized carbons (Fsp3) is 0.600. The highest BCUT2D eigenvalue weighted by atomic mass is 19.5. The number of aromatic nitrogens is 2. The van der Waals surface area contributed by atoms with Gasteiger partial charge in [0.2, 0.25) is 0 Å². The van der Waals surface area contributed by atoms with E-state index in [9.17, 15) is 32.3 Å². The number of nitrogens with zero attached hydrogens (tertiary/aromatic N) is 2. The molecule has 1 fully saturated rings. The van der Waals surface area contributed by atoms with Gasteiger partial charge in [0.15, 0.2) is 0 Å². The van der Waals surface area contributed by atoms with Gasteiger partial charge in [0.25, 0.3) is 0 Å². The Morgan fingerprint density at radius 2 is 1.78 bits per heavy atom. The van der Waals surface area contributed by atoms with Crippen LogP contribution in [0.1, 0.15) is 0 Å². The summed E-state index contributed by atoms with van der Waals surface area (Å²) in [5.74, 6) is 0.109. The molecule has 0 aliphatic carbocycles. The van der Waals surface area contributed by atoms with Crippen LogP contribution in [-0.4, -0.2) is 63.1 Å². The molecule has 5 N–H and O–H groups in total. The number of rotatable bonds is 3. The monoisotopic (exact) mass is 344 g/mol. The first-order chi connectivity index (χ1) is 10.5. The summed E-state index contributed by atoms with van der Waals surface area (Å²) in [5, 5.41) is 28.2. The Morgan fingerprint density at radius 3 is 2.22 bits per heavy atom. The maximum atomic E-state index is 11.5. The number of nitrogen functional groups attached to an aromatic ring is 1. The van der Waals surface area contributed by atoms with Crippen LogP contribution in [0.2, 0.25) is 0 Å². The molecule has 0 spiro atoms. The molecule has 13 heteroatoms. The lowest BCUT2D eigenvalue weighted by Crippen LogP contribution is -2.37. The predicted molar refractivity (Wildman–Crippen MR) is 70.9 cm³/mol. The van der Waals surface area contributed by atoms with E-state index in [0.29, 0.717) is 0 Å². The topological polar surface area (TPSA) is 131 Å². The van der Waals surface area contributed by atoms with Crippen LogP contribution < -0.4 is 11.4 Å². The Kier molecular flexibility index (Phi) is 6.50. The number of nitrogens with two attached hydrogens (primary N) is 1. The fourth-order valence-electron chi connectivity index (χ4n) is 1.90. The van der Waals surface area contributed by atoms with Gasteiger partial charge < -0.3 is 43.1 Å². The van der Waals surface area contributed by atoms with Crippen LogP contribution >= 0.6 is 0 Å². The average molecular weight is 344 g/mol. The normalized spacial score (nSPS) is 27.4. The van der Waals surface area contributed by atoms with Crippen molar-refractivity contribution in [3.8, 4) is 0 Å². The van der Waals surface area contributed by atoms with Gasteiger partial charge in [0, 0.05) is 6.20 Å². The van der Waals surface area contributed by atoms with Gasteiger partial charge in [-0.15, -0.1) is 0 Å². The van der Waals surface area contributed by atoms with E-state index in [1.165, 1.54) is 16.8 Å². The minimum Gasteiger partial charge on any atom is -0.418 e. The summed E-state index contributed by atoms with van der Waals surface area (Å²) in [6.07, 6.45) is -2.52. The molecule has 132 valence electrons. The molecule has 0 unspecified atom stereocenters. The summed E-state index contributed by atoms with van der Waals surface area (Å²) >= 11 is 0. The molecule has 1 saturated heterocycles. The predicted octanol–water partition coefficient (Wildman–Crippen LogP) is -1.39. The molecule has 1 aliphatic rings. The Bertz CT molecular complexity index is 566. The molecule has 1 aliphatic heterocycles.